The van der Waals surface area contributed by atoms with Crippen molar-refractivity contribution < 1.29 is 9.59 Å². The summed E-state index contributed by atoms with van der Waals surface area (Å²) in [5.74, 6) is 1.01. The Balaban J connectivity index is 1.26. The van der Waals surface area contributed by atoms with Gasteiger partial charge in [0, 0.05) is 29.9 Å². The van der Waals surface area contributed by atoms with Crippen molar-refractivity contribution in [2.75, 3.05) is 20.1 Å². The second-order valence-corrected chi connectivity index (χ2v) is 8.65. The van der Waals surface area contributed by atoms with Gasteiger partial charge in [0.2, 0.25) is 11.8 Å². The van der Waals surface area contributed by atoms with E-state index in [0.29, 0.717) is 25.6 Å². The van der Waals surface area contributed by atoms with Gasteiger partial charge in [-0.25, -0.2) is 0 Å². The summed E-state index contributed by atoms with van der Waals surface area (Å²) in [7, 11) is 1.72. The molecule has 2 bridgehead atoms. The van der Waals surface area contributed by atoms with Crippen LogP contribution in [0.4, 0.5) is 0 Å². The minimum absolute atomic E-state index is 0.0114. The number of hydrogen-bond donors (Lipinski definition) is 2. The highest BCUT2D eigenvalue weighted by atomic mass is 32.1. The monoisotopic (exact) mass is 386 g/mol. The number of carbonyl (C=O) groups is 2. The largest absolute Gasteiger partial charge is 0.355 e. The molecule has 0 radical (unpaired) electrons. The maximum atomic E-state index is 12.7. The lowest BCUT2D eigenvalue weighted by Crippen LogP contribution is -2.43. The number of nitrogens with zero attached hydrogens (tertiary/aromatic N) is 2. The Bertz CT molecular complexity index is 770. The van der Waals surface area contributed by atoms with E-state index in [1.165, 1.54) is 14.7 Å². The summed E-state index contributed by atoms with van der Waals surface area (Å²) in [5, 5.41) is 6.50. The second kappa shape index (κ2) is 7.46. The Morgan fingerprint density at radius 1 is 1.15 bits per heavy atom. The molecule has 27 heavy (non-hydrogen) atoms. The van der Waals surface area contributed by atoms with Crippen molar-refractivity contribution in [3.8, 4) is 0 Å². The Labute approximate surface area is 163 Å². The van der Waals surface area contributed by atoms with Gasteiger partial charge in [0.1, 0.15) is 0 Å². The van der Waals surface area contributed by atoms with Crippen molar-refractivity contribution >= 4 is 29.1 Å². The molecular weight excluding hydrogens is 360 g/mol. The quantitative estimate of drug-likeness (QED) is 0.338. The average Bonchev–Trinajstić information content (AvgIpc) is 3.44. The molecule has 7 heteroatoms. The smallest absolute Gasteiger partial charge is 0.233 e. The third-order valence-electron chi connectivity index (χ3n) is 5.91. The van der Waals surface area contributed by atoms with Crippen LogP contribution in [0, 0.1) is 23.7 Å². The molecule has 0 aromatic carbocycles. The molecule has 4 rings (SSSR count). The predicted octanol–water partition coefficient (Wildman–Crippen LogP) is 1.78. The Morgan fingerprint density at radius 3 is 2.41 bits per heavy atom. The molecule has 0 spiro atoms. The maximum absolute atomic E-state index is 12.7. The molecule has 1 aliphatic heterocycles. The Morgan fingerprint density at radius 2 is 1.81 bits per heavy atom. The number of guanidine groups is 1. The van der Waals surface area contributed by atoms with Gasteiger partial charge in [0.15, 0.2) is 5.96 Å². The molecule has 3 aliphatic rings. The normalized spacial score (nSPS) is 29.0. The van der Waals surface area contributed by atoms with Gasteiger partial charge in [-0.15, -0.1) is 11.3 Å². The van der Waals surface area contributed by atoms with Crippen molar-refractivity contribution in [2.45, 2.75) is 26.3 Å². The van der Waals surface area contributed by atoms with Gasteiger partial charge in [0.05, 0.1) is 18.4 Å². The lowest BCUT2D eigenvalue weighted by molar-refractivity contribution is -0.140. The van der Waals surface area contributed by atoms with Crippen molar-refractivity contribution in [2.24, 2.45) is 28.7 Å². The zero-order valence-electron chi connectivity index (χ0n) is 15.8. The van der Waals surface area contributed by atoms with Crippen LogP contribution in [0.5, 0.6) is 0 Å². The first-order valence-corrected chi connectivity index (χ1v) is 10.5. The van der Waals surface area contributed by atoms with Crippen LogP contribution in [0.3, 0.4) is 0 Å². The fourth-order valence-corrected chi connectivity index (χ4v) is 5.47. The SMILES string of the molecule is CCc1ccc(CNC(=NC)NCCN2C(=O)C3C4C=CC(C4)C3C2=O)s1. The van der Waals surface area contributed by atoms with Crippen LogP contribution in [0.25, 0.3) is 0 Å². The van der Waals surface area contributed by atoms with Gasteiger partial charge in [-0.1, -0.05) is 19.1 Å². The van der Waals surface area contributed by atoms with Crippen LogP contribution in [-0.4, -0.2) is 42.8 Å². The predicted molar refractivity (Wildman–Crippen MR) is 106 cm³/mol. The van der Waals surface area contributed by atoms with E-state index in [9.17, 15) is 9.59 Å². The van der Waals surface area contributed by atoms with E-state index in [0.717, 1.165) is 12.8 Å². The van der Waals surface area contributed by atoms with Crippen LogP contribution in [0.15, 0.2) is 29.3 Å². The molecule has 144 valence electrons. The van der Waals surface area contributed by atoms with Gasteiger partial charge < -0.3 is 10.6 Å². The average molecular weight is 387 g/mol. The molecule has 4 atom stereocenters. The number of nitrogens with one attached hydrogen (secondary N) is 2. The standard InChI is InChI=1S/C20H26N4O2S/c1-3-14-6-7-15(27-14)11-23-20(21-2)22-8-9-24-18(25)16-12-4-5-13(10-12)17(16)19(24)26/h4-7,12-13,16-17H,3,8-11H2,1-2H3,(H2,21,22,23). The molecule has 1 aromatic heterocycles. The zero-order chi connectivity index (χ0) is 19.0. The van der Waals surface area contributed by atoms with E-state index in [2.05, 4.69) is 46.8 Å². The summed E-state index contributed by atoms with van der Waals surface area (Å²) in [5.41, 5.74) is 0. The van der Waals surface area contributed by atoms with Crippen LogP contribution < -0.4 is 10.6 Å². The number of hydrogen-bond acceptors (Lipinski definition) is 4. The third kappa shape index (κ3) is 3.29. The lowest BCUT2D eigenvalue weighted by Gasteiger charge is -2.18. The number of thiophene rings is 1. The number of rotatable bonds is 6. The van der Waals surface area contributed by atoms with Crippen LogP contribution in [-0.2, 0) is 22.6 Å². The molecule has 1 saturated heterocycles. The van der Waals surface area contributed by atoms with E-state index >= 15 is 0 Å². The fraction of sp³-hybridized carbons (Fsp3) is 0.550. The molecule has 6 nitrogen and oxygen atoms in total. The highest BCUT2D eigenvalue weighted by molar-refractivity contribution is 7.11. The Hall–Kier alpha value is -2.15. The van der Waals surface area contributed by atoms with E-state index < -0.39 is 0 Å². The van der Waals surface area contributed by atoms with Crippen LogP contribution >= 0.6 is 11.3 Å². The van der Waals surface area contributed by atoms with Crippen molar-refractivity contribution in [3.05, 3.63) is 34.0 Å². The summed E-state index contributed by atoms with van der Waals surface area (Å²) in [4.78, 5) is 33.7. The highest BCUT2D eigenvalue weighted by Gasteiger charge is 2.58. The number of fused-ring (bicyclic) bond motifs is 5. The summed E-state index contributed by atoms with van der Waals surface area (Å²) in [6, 6.07) is 4.29. The highest BCUT2D eigenvalue weighted by Crippen LogP contribution is 2.52. The molecule has 1 saturated carbocycles. The molecule has 1 aromatic rings. The van der Waals surface area contributed by atoms with Gasteiger partial charge in [-0.05, 0) is 36.8 Å². The van der Waals surface area contributed by atoms with Gasteiger partial charge >= 0.3 is 0 Å². The number of aliphatic imine (C=N–C) groups is 1. The summed E-state index contributed by atoms with van der Waals surface area (Å²) < 4.78 is 0. The number of imide groups is 1. The number of likely N-dealkylation sites (tertiary alicyclic amines) is 1. The van der Waals surface area contributed by atoms with Crippen LogP contribution in [0.2, 0.25) is 0 Å². The van der Waals surface area contributed by atoms with E-state index in [1.807, 2.05) is 0 Å². The number of carbonyl (C=O) groups excluding carboxylic acids is 2. The number of aryl methyl sites for hydroxylation is 1. The molecule has 2 N–H and O–H groups in total. The summed E-state index contributed by atoms with van der Waals surface area (Å²) in [6.07, 6.45) is 6.27. The number of amides is 2. The topological polar surface area (TPSA) is 73.8 Å². The fourth-order valence-electron chi connectivity index (χ4n) is 4.57. The zero-order valence-corrected chi connectivity index (χ0v) is 16.6. The Kier molecular flexibility index (Phi) is 5.04. The first kappa shape index (κ1) is 18.2. The molecule has 2 amide bonds. The first-order valence-electron chi connectivity index (χ1n) is 9.68. The number of allylic oxidation sites excluding steroid dienone is 2. The van der Waals surface area contributed by atoms with Gasteiger partial charge in [-0.2, -0.15) is 0 Å². The van der Waals surface area contributed by atoms with Crippen molar-refractivity contribution in [1.29, 1.82) is 0 Å². The van der Waals surface area contributed by atoms with Crippen molar-refractivity contribution in [1.82, 2.24) is 15.5 Å². The first-order chi connectivity index (χ1) is 13.1. The molecule has 2 heterocycles. The van der Waals surface area contributed by atoms with E-state index in [-0.39, 0.29) is 35.5 Å². The third-order valence-corrected chi connectivity index (χ3v) is 7.14. The van der Waals surface area contributed by atoms with Gasteiger partial charge in [0.25, 0.3) is 0 Å². The minimum Gasteiger partial charge on any atom is -0.355 e. The summed E-state index contributed by atoms with van der Waals surface area (Å²) in [6.45, 7) is 3.76. The maximum Gasteiger partial charge on any atom is 0.233 e. The second-order valence-electron chi connectivity index (χ2n) is 7.40. The minimum atomic E-state index is -0.114. The van der Waals surface area contributed by atoms with E-state index in [1.54, 1.807) is 18.4 Å². The lowest BCUT2D eigenvalue weighted by atomic mass is 9.85. The van der Waals surface area contributed by atoms with Crippen molar-refractivity contribution in [3.63, 3.8) is 0 Å². The van der Waals surface area contributed by atoms with E-state index in [4.69, 9.17) is 0 Å². The van der Waals surface area contributed by atoms with Crippen LogP contribution in [0.1, 0.15) is 23.1 Å². The molecule has 4 unspecified atom stereocenters. The molecular formula is C20H26N4O2S. The summed E-state index contributed by atoms with van der Waals surface area (Å²) >= 11 is 1.80. The molecule has 2 fully saturated rings. The molecule has 2 aliphatic carbocycles. The van der Waals surface area contributed by atoms with Gasteiger partial charge in [-0.3, -0.25) is 19.5 Å².